The average molecular weight is 289 g/mol. The smallest absolute Gasteiger partial charge is 0.272 e. The minimum Gasteiger partial charge on any atom is -0.339 e. The lowest BCUT2D eigenvalue weighted by atomic mass is 10.1. The van der Waals surface area contributed by atoms with Gasteiger partial charge in [-0.25, -0.2) is 0 Å². The van der Waals surface area contributed by atoms with E-state index in [1.165, 1.54) is 0 Å². The molecule has 0 radical (unpaired) electrons. The molecule has 4 nitrogen and oxygen atoms in total. The molecule has 0 atom stereocenters. The van der Waals surface area contributed by atoms with Gasteiger partial charge in [0.2, 0.25) is 0 Å². The first kappa shape index (κ1) is 13.9. The van der Waals surface area contributed by atoms with E-state index in [4.69, 9.17) is 5.26 Å². The molecule has 1 amide bonds. The lowest BCUT2D eigenvalue weighted by molar-refractivity contribution is 0.101. The van der Waals surface area contributed by atoms with Crippen molar-refractivity contribution >= 4 is 22.5 Å². The van der Waals surface area contributed by atoms with Crippen LogP contribution >= 0.6 is 0 Å². The maximum Gasteiger partial charge on any atom is 0.272 e. The molecule has 2 aromatic carbocycles. The third-order valence-corrected chi connectivity index (χ3v) is 3.82. The molecule has 0 saturated carbocycles. The summed E-state index contributed by atoms with van der Waals surface area (Å²) in [5.74, 6) is -0.175. The van der Waals surface area contributed by atoms with Crippen LogP contribution in [-0.2, 0) is 7.05 Å². The van der Waals surface area contributed by atoms with Crippen molar-refractivity contribution in [1.29, 1.82) is 5.26 Å². The average Bonchev–Trinajstić information content (AvgIpc) is 2.79. The van der Waals surface area contributed by atoms with Gasteiger partial charge in [0.15, 0.2) is 0 Å². The number of nitrogens with zero attached hydrogens (tertiary/aromatic N) is 2. The highest BCUT2D eigenvalue weighted by Crippen LogP contribution is 2.25. The molecule has 3 aromatic rings. The maximum absolute atomic E-state index is 12.6. The van der Waals surface area contributed by atoms with Gasteiger partial charge in [0.05, 0.1) is 11.6 Å². The van der Waals surface area contributed by atoms with Crippen molar-refractivity contribution in [2.75, 3.05) is 5.32 Å². The number of carbonyl (C=O) groups is 1. The molecule has 1 heterocycles. The van der Waals surface area contributed by atoms with Crippen molar-refractivity contribution in [1.82, 2.24) is 4.57 Å². The van der Waals surface area contributed by atoms with Gasteiger partial charge in [-0.05, 0) is 36.8 Å². The number of para-hydroxylation sites is 1. The van der Waals surface area contributed by atoms with Crippen LogP contribution in [0.4, 0.5) is 5.69 Å². The summed E-state index contributed by atoms with van der Waals surface area (Å²) < 4.78 is 1.90. The second kappa shape index (κ2) is 5.38. The predicted molar refractivity (Wildman–Crippen MR) is 86.8 cm³/mol. The lowest BCUT2D eigenvalue weighted by Gasteiger charge is -2.08. The van der Waals surface area contributed by atoms with Gasteiger partial charge < -0.3 is 9.88 Å². The van der Waals surface area contributed by atoms with E-state index < -0.39 is 0 Å². The van der Waals surface area contributed by atoms with Crippen LogP contribution in [0, 0.1) is 18.3 Å². The summed E-state index contributed by atoms with van der Waals surface area (Å²) in [4.78, 5) is 12.6. The topological polar surface area (TPSA) is 57.8 Å². The largest absolute Gasteiger partial charge is 0.339 e. The van der Waals surface area contributed by atoms with Crippen LogP contribution in [-0.4, -0.2) is 10.5 Å². The van der Waals surface area contributed by atoms with Crippen LogP contribution in [0.25, 0.3) is 10.9 Å². The second-order valence-electron chi connectivity index (χ2n) is 5.20. The van der Waals surface area contributed by atoms with Crippen molar-refractivity contribution in [3.05, 3.63) is 65.4 Å². The van der Waals surface area contributed by atoms with Crippen molar-refractivity contribution < 1.29 is 4.79 Å². The molecule has 3 rings (SSSR count). The molecule has 0 fully saturated rings. The van der Waals surface area contributed by atoms with Crippen molar-refractivity contribution in [3.8, 4) is 6.07 Å². The summed E-state index contributed by atoms with van der Waals surface area (Å²) in [6.45, 7) is 1.95. The summed E-state index contributed by atoms with van der Waals surface area (Å²) in [7, 11) is 1.88. The van der Waals surface area contributed by atoms with Crippen molar-refractivity contribution in [2.24, 2.45) is 7.05 Å². The Bertz CT molecular complexity index is 877. The van der Waals surface area contributed by atoms with E-state index in [-0.39, 0.29) is 5.91 Å². The number of benzene rings is 2. The highest BCUT2D eigenvalue weighted by molar-refractivity contribution is 6.08. The summed E-state index contributed by atoms with van der Waals surface area (Å²) in [6, 6.07) is 16.9. The molecule has 0 aliphatic heterocycles. The maximum atomic E-state index is 12.6. The van der Waals surface area contributed by atoms with Gasteiger partial charge in [-0.3, -0.25) is 4.79 Å². The van der Waals surface area contributed by atoms with E-state index >= 15 is 0 Å². The van der Waals surface area contributed by atoms with Gasteiger partial charge in [-0.1, -0.05) is 24.3 Å². The molecule has 0 unspecified atom stereocenters. The molecule has 1 N–H and O–H groups in total. The fourth-order valence-corrected chi connectivity index (χ4v) is 2.76. The third-order valence-electron chi connectivity index (χ3n) is 3.82. The van der Waals surface area contributed by atoms with E-state index in [0.717, 1.165) is 16.5 Å². The number of amides is 1. The summed E-state index contributed by atoms with van der Waals surface area (Å²) >= 11 is 0. The van der Waals surface area contributed by atoms with Crippen LogP contribution in [0.5, 0.6) is 0 Å². The van der Waals surface area contributed by atoms with E-state index in [9.17, 15) is 4.79 Å². The summed E-state index contributed by atoms with van der Waals surface area (Å²) in [5, 5.41) is 12.9. The van der Waals surface area contributed by atoms with E-state index in [0.29, 0.717) is 16.9 Å². The quantitative estimate of drug-likeness (QED) is 0.783. The van der Waals surface area contributed by atoms with Crippen LogP contribution in [0.15, 0.2) is 48.5 Å². The Labute approximate surface area is 128 Å². The normalized spacial score (nSPS) is 10.4. The van der Waals surface area contributed by atoms with Crippen LogP contribution in [0.3, 0.4) is 0 Å². The monoisotopic (exact) mass is 289 g/mol. The van der Waals surface area contributed by atoms with Gasteiger partial charge in [0.25, 0.3) is 5.91 Å². The number of anilines is 1. The van der Waals surface area contributed by atoms with Crippen molar-refractivity contribution in [3.63, 3.8) is 0 Å². The first-order valence-corrected chi connectivity index (χ1v) is 6.97. The highest BCUT2D eigenvalue weighted by Gasteiger charge is 2.18. The summed E-state index contributed by atoms with van der Waals surface area (Å²) in [5.41, 5.74) is 3.74. The Morgan fingerprint density at radius 3 is 2.68 bits per heavy atom. The fraction of sp³-hybridized carbons (Fsp3) is 0.111. The number of nitriles is 1. The second-order valence-corrected chi connectivity index (χ2v) is 5.20. The Morgan fingerprint density at radius 2 is 1.95 bits per heavy atom. The molecule has 0 spiro atoms. The van der Waals surface area contributed by atoms with Gasteiger partial charge in [0, 0.05) is 23.6 Å². The SMILES string of the molecule is Cc1c(C(=O)Nc2cccc(C#N)c2)n(C)c2ccccc12. The molecule has 108 valence electrons. The third kappa shape index (κ3) is 2.23. The van der Waals surface area contributed by atoms with E-state index in [2.05, 4.69) is 11.4 Å². The molecule has 0 aliphatic carbocycles. The number of carbonyl (C=O) groups excluding carboxylic acids is 1. The minimum absolute atomic E-state index is 0.175. The minimum atomic E-state index is -0.175. The van der Waals surface area contributed by atoms with Gasteiger partial charge in [0.1, 0.15) is 5.69 Å². The number of rotatable bonds is 2. The van der Waals surface area contributed by atoms with Gasteiger partial charge >= 0.3 is 0 Å². The number of hydrogen-bond donors (Lipinski definition) is 1. The van der Waals surface area contributed by atoms with Gasteiger partial charge in [-0.15, -0.1) is 0 Å². The number of aryl methyl sites for hydroxylation is 2. The van der Waals surface area contributed by atoms with E-state index in [1.807, 2.05) is 42.8 Å². The molecule has 1 aromatic heterocycles. The number of nitrogens with one attached hydrogen (secondary N) is 1. The molecule has 22 heavy (non-hydrogen) atoms. The molecule has 0 aliphatic rings. The molecule has 0 bridgehead atoms. The Balaban J connectivity index is 2.01. The fourth-order valence-electron chi connectivity index (χ4n) is 2.76. The Morgan fingerprint density at radius 1 is 1.18 bits per heavy atom. The Kier molecular flexibility index (Phi) is 3.40. The first-order valence-electron chi connectivity index (χ1n) is 6.97. The zero-order chi connectivity index (χ0) is 15.7. The van der Waals surface area contributed by atoms with Crippen LogP contribution in [0.2, 0.25) is 0 Å². The molecular weight excluding hydrogens is 274 g/mol. The van der Waals surface area contributed by atoms with Crippen molar-refractivity contribution in [2.45, 2.75) is 6.92 Å². The molecule has 4 heteroatoms. The number of fused-ring (bicyclic) bond motifs is 1. The highest BCUT2D eigenvalue weighted by atomic mass is 16.1. The van der Waals surface area contributed by atoms with Gasteiger partial charge in [-0.2, -0.15) is 5.26 Å². The standard InChI is InChI=1S/C18H15N3O/c1-12-15-8-3-4-9-16(15)21(2)17(12)18(22)20-14-7-5-6-13(10-14)11-19/h3-10H,1-2H3,(H,20,22). The predicted octanol–water partition coefficient (Wildman–Crippen LogP) is 3.61. The molecule has 0 saturated heterocycles. The Hall–Kier alpha value is -3.06. The zero-order valence-corrected chi connectivity index (χ0v) is 12.4. The van der Waals surface area contributed by atoms with Crippen LogP contribution < -0.4 is 5.32 Å². The number of aromatic nitrogens is 1. The molecular formula is C18H15N3O. The van der Waals surface area contributed by atoms with Crippen LogP contribution in [0.1, 0.15) is 21.6 Å². The first-order chi connectivity index (χ1) is 10.6. The summed E-state index contributed by atoms with van der Waals surface area (Å²) in [6.07, 6.45) is 0. The number of hydrogen-bond acceptors (Lipinski definition) is 2. The lowest BCUT2D eigenvalue weighted by Crippen LogP contribution is -2.16. The zero-order valence-electron chi connectivity index (χ0n) is 12.4. The van der Waals surface area contributed by atoms with E-state index in [1.54, 1.807) is 24.3 Å².